The molecule has 0 aliphatic heterocycles. The topological polar surface area (TPSA) is 104 Å². The first-order chi connectivity index (χ1) is 5.25. The first-order valence-electron chi connectivity index (χ1n) is 3.18. The lowest BCUT2D eigenvalue weighted by molar-refractivity contribution is -0.150. The third-order valence-corrected chi connectivity index (χ3v) is 2.29. The standard InChI is InChI=1S/C5H11O6P/c1-3(5(6)7)11-4(2)12(8,9)10/h3-4H,1-2H3,(H,6,7)(H2,8,9,10)/t3-,4?/m0/s1. The van der Waals surface area contributed by atoms with E-state index in [0.717, 1.165) is 6.92 Å². The second kappa shape index (κ2) is 4.00. The number of carbonyl (C=O) groups is 1. The first kappa shape index (κ1) is 11.6. The van der Waals surface area contributed by atoms with Crippen molar-refractivity contribution in [2.24, 2.45) is 0 Å². The first-order valence-corrected chi connectivity index (χ1v) is 4.86. The minimum atomic E-state index is -4.34. The third-order valence-electron chi connectivity index (χ3n) is 1.22. The number of hydrogen-bond acceptors (Lipinski definition) is 3. The molecular formula is C5H11O6P. The minimum absolute atomic E-state index is 1.13. The van der Waals surface area contributed by atoms with Gasteiger partial charge in [-0.3, -0.25) is 4.57 Å². The molecule has 72 valence electrons. The summed E-state index contributed by atoms with van der Waals surface area (Å²) in [4.78, 5) is 27.2. The van der Waals surface area contributed by atoms with Gasteiger partial charge in [0.1, 0.15) is 0 Å². The van der Waals surface area contributed by atoms with Crippen LogP contribution in [0.1, 0.15) is 13.8 Å². The molecule has 0 aliphatic rings. The molecule has 0 fully saturated rings. The Morgan fingerprint density at radius 3 is 2.08 bits per heavy atom. The maximum Gasteiger partial charge on any atom is 0.353 e. The zero-order chi connectivity index (χ0) is 9.94. The maximum atomic E-state index is 10.5. The lowest BCUT2D eigenvalue weighted by atomic mass is 10.4. The number of hydrogen-bond donors (Lipinski definition) is 3. The van der Waals surface area contributed by atoms with Crippen molar-refractivity contribution in [3.63, 3.8) is 0 Å². The minimum Gasteiger partial charge on any atom is -0.479 e. The van der Waals surface area contributed by atoms with Crippen LogP contribution >= 0.6 is 7.60 Å². The van der Waals surface area contributed by atoms with Gasteiger partial charge in [-0.25, -0.2) is 4.79 Å². The van der Waals surface area contributed by atoms with E-state index in [1.165, 1.54) is 6.92 Å². The number of rotatable bonds is 4. The van der Waals surface area contributed by atoms with E-state index in [4.69, 9.17) is 14.9 Å². The van der Waals surface area contributed by atoms with Gasteiger partial charge in [-0.2, -0.15) is 0 Å². The summed E-state index contributed by atoms with van der Waals surface area (Å²) in [7, 11) is -4.34. The molecule has 0 heterocycles. The Hall–Kier alpha value is -0.420. The number of carboxylic acid groups (broad SMARTS) is 1. The molecule has 0 aromatic rings. The molecule has 7 heteroatoms. The smallest absolute Gasteiger partial charge is 0.353 e. The Kier molecular flexibility index (Phi) is 3.86. The average Bonchev–Trinajstić information content (AvgIpc) is 1.85. The summed E-state index contributed by atoms with van der Waals surface area (Å²) in [6.45, 7) is 2.33. The van der Waals surface area contributed by atoms with Crippen molar-refractivity contribution < 1.29 is 29.0 Å². The van der Waals surface area contributed by atoms with Gasteiger partial charge < -0.3 is 19.6 Å². The highest BCUT2D eigenvalue weighted by molar-refractivity contribution is 7.52. The summed E-state index contributed by atoms with van der Waals surface area (Å²) in [6.07, 6.45) is -1.22. The van der Waals surface area contributed by atoms with Crippen molar-refractivity contribution in [3.05, 3.63) is 0 Å². The number of carboxylic acids is 1. The molecule has 6 nitrogen and oxygen atoms in total. The molecule has 0 radical (unpaired) electrons. The molecule has 2 atom stereocenters. The van der Waals surface area contributed by atoms with Crippen LogP contribution in [0.2, 0.25) is 0 Å². The fourth-order valence-electron chi connectivity index (χ4n) is 0.433. The summed E-state index contributed by atoms with van der Waals surface area (Å²) >= 11 is 0. The molecular weight excluding hydrogens is 187 g/mol. The van der Waals surface area contributed by atoms with Crippen LogP contribution in [0.5, 0.6) is 0 Å². The van der Waals surface area contributed by atoms with Crippen molar-refractivity contribution in [1.82, 2.24) is 0 Å². The monoisotopic (exact) mass is 198 g/mol. The highest BCUT2D eigenvalue weighted by Gasteiger charge is 2.28. The highest BCUT2D eigenvalue weighted by Crippen LogP contribution is 2.41. The fraction of sp³-hybridized carbons (Fsp3) is 0.800. The Bertz CT molecular complexity index is 208. The van der Waals surface area contributed by atoms with Gasteiger partial charge in [-0.15, -0.1) is 0 Å². The molecule has 0 aliphatic carbocycles. The van der Waals surface area contributed by atoms with E-state index in [1.54, 1.807) is 0 Å². The average molecular weight is 198 g/mol. The van der Waals surface area contributed by atoms with E-state index >= 15 is 0 Å². The van der Waals surface area contributed by atoms with Gasteiger partial charge in [-0.1, -0.05) is 0 Å². The van der Waals surface area contributed by atoms with Crippen LogP contribution in [0.4, 0.5) is 0 Å². The van der Waals surface area contributed by atoms with Gasteiger partial charge in [0.25, 0.3) is 0 Å². The predicted molar refractivity (Wildman–Crippen MR) is 39.7 cm³/mol. The zero-order valence-corrected chi connectivity index (χ0v) is 7.56. The van der Waals surface area contributed by atoms with Gasteiger partial charge in [0.15, 0.2) is 11.9 Å². The summed E-state index contributed by atoms with van der Waals surface area (Å²) in [6, 6.07) is 0. The van der Waals surface area contributed by atoms with Crippen LogP contribution in [0, 0.1) is 0 Å². The van der Waals surface area contributed by atoms with E-state index in [2.05, 4.69) is 4.74 Å². The zero-order valence-electron chi connectivity index (χ0n) is 6.67. The van der Waals surface area contributed by atoms with Crippen LogP contribution < -0.4 is 0 Å². The molecule has 0 saturated carbocycles. The molecule has 0 bridgehead atoms. The van der Waals surface area contributed by atoms with Crippen LogP contribution in [-0.2, 0) is 14.1 Å². The molecule has 0 amide bonds. The quantitative estimate of drug-likeness (QED) is 0.549. The van der Waals surface area contributed by atoms with E-state index in [9.17, 15) is 9.36 Å². The molecule has 0 aromatic heterocycles. The van der Waals surface area contributed by atoms with Crippen LogP contribution in [-0.4, -0.2) is 32.8 Å². The predicted octanol–water partition coefficient (Wildman–Crippen LogP) is -0.000200. The van der Waals surface area contributed by atoms with Crippen molar-refractivity contribution >= 4 is 13.6 Å². The maximum absolute atomic E-state index is 10.5. The SMILES string of the molecule is CC(O[C@@H](C)C(=O)O)P(=O)(O)O. The van der Waals surface area contributed by atoms with E-state index in [1.807, 2.05) is 0 Å². The lowest BCUT2D eigenvalue weighted by Gasteiger charge is -2.16. The summed E-state index contributed by atoms with van der Waals surface area (Å²) in [5.41, 5.74) is 0. The van der Waals surface area contributed by atoms with E-state index < -0.39 is 25.5 Å². The highest BCUT2D eigenvalue weighted by atomic mass is 31.2. The Morgan fingerprint density at radius 2 is 1.83 bits per heavy atom. The van der Waals surface area contributed by atoms with Gasteiger partial charge in [0.05, 0.1) is 0 Å². The van der Waals surface area contributed by atoms with Gasteiger partial charge in [0, 0.05) is 0 Å². The Labute approximate surface area is 69.3 Å². The van der Waals surface area contributed by atoms with Crippen molar-refractivity contribution in [1.29, 1.82) is 0 Å². The van der Waals surface area contributed by atoms with Crippen molar-refractivity contribution in [2.75, 3.05) is 0 Å². The lowest BCUT2D eigenvalue weighted by Crippen LogP contribution is -2.24. The largest absolute Gasteiger partial charge is 0.479 e. The fourth-order valence-corrected chi connectivity index (χ4v) is 0.774. The molecule has 12 heavy (non-hydrogen) atoms. The van der Waals surface area contributed by atoms with Gasteiger partial charge in [-0.05, 0) is 13.8 Å². The van der Waals surface area contributed by atoms with Gasteiger partial charge in [0.2, 0.25) is 0 Å². The molecule has 0 aromatic carbocycles. The normalized spacial score (nSPS) is 17.0. The number of ether oxygens (including phenoxy) is 1. The summed E-state index contributed by atoms with van der Waals surface area (Å²) < 4.78 is 15.0. The number of aliphatic carboxylic acids is 1. The van der Waals surface area contributed by atoms with E-state index in [0.29, 0.717) is 0 Å². The molecule has 0 saturated heterocycles. The van der Waals surface area contributed by atoms with Crippen molar-refractivity contribution in [3.8, 4) is 0 Å². The Morgan fingerprint density at radius 1 is 1.42 bits per heavy atom. The second-order valence-electron chi connectivity index (χ2n) is 2.30. The summed E-state index contributed by atoms with van der Waals surface area (Å²) in [5, 5.41) is 8.32. The van der Waals surface area contributed by atoms with Gasteiger partial charge >= 0.3 is 13.6 Å². The van der Waals surface area contributed by atoms with Crippen LogP contribution in [0.15, 0.2) is 0 Å². The molecule has 0 spiro atoms. The van der Waals surface area contributed by atoms with E-state index in [-0.39, 0.29) is 0 Å². The molecule has 1 unspecified atom stereocenters. The van der Waals surface area contributed by atoms with Crippen LogP contribution in [0.3, 0.4) is 0 Å². The molecule has 3 N–H and O–H groups in total. The summed E-state index contributed by atoms with van der Waals surface area (Å²) in [5.74, 6) is -2.64. The van der Waals surface area contributed by atoms with Crippen LogP contribution in [0.25, 0.3) is 0 Å². The Balaban J connectivity index is 4.11. The van der Waals surface area contributed by atoms with Crippen molar-refractivity contribution in [2.45, 2.75) is 25.8 Å². The second-order valence-corrected chi connectivity index (χ2v) is 4.21. The third kappa shape index (κ3) is 3.82. The molecule has 0 rings (SSSR count).